The Bertz CT molecular complexity index is 1640. The van der Waals surface area contributed by atoms with Gasteiger partial charge in [0.25, 0.3) is 0 Å². The van der Waals surface area contributed by atoms with Crippen LogP contribution in [0.5, 0.6) is 0 Å². The highest BCUT2D eigenvalue weighted by Gasteiger charge is 2.29. The molecule has 1 unspecified atom stereocenters. The zero-order valence-electron chi connectivity index (χ0n) is 27.0. The van der Waals surface area contributed by atoms with Crippen LogP contribution in [0.4, 0.5) is 15.0 Å². The van der Waals surface area contributed by atoms with Crippen LogP contribution in [0.15, 0.2) is 60.8 Å². The van der Waals surface area contributed by atoms with Gasteiger partial charge in [0.15, 0.2) is 6.36 Å². The van der Waals surface area contributed by atoms with E-state index in [4.69, 9.17) is 9.84 Å². The highest BCUT2D eigenvalue weighted by Crippen LogP contribution is 2.34. The third kappa shape index (κ3) is 8.66. The number of amides is 2. The van der Waals surface area contributed by atoms with Gasteiger partial charge < -0.3 is 35.5 Å². The van der Waals surface area contributed by atoms with Crippen molar-refractivity contribution < 1.29 is 28.9 Å². The number of alkyl halides is 1. The van der Waals surface area contributed by atoms with E-state index in [2.05, 4.69) is 33.6 Å². The summed E-state index contributed by atoms with van der Waals surface area (Å²) in [7, 11) is 1.37. The average molecular weight is 646 g/mol. The Balaban J connectivity index is 1.23. The Morgan fingerprint density at radius 1 is 1.15 bits per heavy atom. The third-order valence-corrected chi connectivity index (χ3v) is 9.00. The number of ether oxygens (including phenoxy) is 1. The number of benzene rings is 2. The number of aliphatic hydroxyl groups is 1. The Morgan fingerprint density at radius 2 is 1.94 bits per heavy atom. The first-order valence-electron chi connectivity index (χ1n) is 16.2. The van der Waals surface area contributed by atoms with Crippen LogP contribution in [0.3, 0.4) is 0 Å². The molecular weight excluding hydrogens is 601 g/mol. The summed E-state index contributed by atoms with van der Waals surface area (Å²) in [6.07, 6.45) is 2.34. The smallest absolute Gasteiger partial charge is 0.404 e. The number of piperidine rings is 1. The summed E-state index contributed by atoms with van der Waals surface area (Å²) < 4.78 is 18.6. The zero-order valence-corrected chi connectivity index (χ0v) is 27.0. The fraction of sp³-hybridized carbons (Fsp3) is 0.417. The molecule has 0 bridgehead atoms. The number of nitrogens with zero attached hydrogens (tertiary/aromatic N) is 2. The van der Waals surface area contributed by atoms with Crippen LogP contribution in [0.2, 0.25) is 0 Å². The third-order valence-electron chi connectivity index (χ3n) is 9.00. The lowest BCUT2D eigenvalue weighted by molar-refractivity contribution is -0.132. The predicted molar refractivity (Wildman–Crippen MR) is 180 cm³/mol. The molecule has 4 aromatic rings. The lowest BCUT2D eigenvalue weighted by Gasteiger charge is -2.34. The summed E-state index contributed by atoms with van der Waals surface area (Å²) in [5.74, 6) is 0.728. The monoisotopic (exact) mass is 645 g/mol. The SMILES string of the molecule is COC(F)CCc1cccc2c(C)c([C@@H]3CCCN(C(=O)C[C@@H](Cc4ccc(-c5ccc(NCCO)nc5)cc4)NC(=O)O)C3)[nH]c12. The molecule has 11 heteroatoms. The van der Waals surface area contributed by atoms with Crippen molar-refractivity contribution in [3.8, 4) is 11.1 Å². The molecule has 1 fully saturated rings. The summed E-state index contributed by atoms with van der Waals surface area (Å²) in [4.78, 5) is 35.1. The standard InChI is InChI=1S/C36H44FN5O5/c1-23-30-7-3-5-26(12-14-31(37)47-2)35(30)41-34(23)28-6-4-17-42(22-28)33(44)20-29(40-36(45)46)19-24-8-10-25(11-9-24)27-13-15-32(39-21-27)38-16-18-43/h3,5,7-11,13,15,21,28-29,31,40-41,43H,4,6,12,14,16-20,22H2,1-2H3,(H,38,39)(H,45,46)/t28-,29-,31?/m1/s1. The average Bonchev–Trinajstić information content (AvgIpc) is 3.43. The maximum Gasteiger partial charge on any atom is 0.404 e. The van der Waals surface area contributed by atoms with E-state index >= 15 is 0 Å². The Labute approximate surface area is 274 Å². The van der Waals surface area contributed by atoms with E-state index in [1.54, 1.807) is 6.20 Å². The largest absolute Gasteiger partial charge is 0.465 e. The van der Waals surface area contributed by atoms with Crippen molar-refractivity contribution in [3.63, 3.8) is 0 Å². The molecule has 2 aromatic carbocycles. The fourth-order valence-electron chi connectivity index (χ4n) is 6.54. The minimum Gasteiger partial charge on any atom is -0.465 e. The van der Waals surface area contributed by atoms with Gasteiger partial charge in [0.2, 0.25) is 5.91 Å². The maximum atomic E-state index is 13.8. The normalized spacial score (nSPS) is 16.2. The molecular formula is C36H44FN5O5. The van der Waals surface area contributed by atoms with Crippen LogP contribution < -0.4 is 10.6 Å². The quantitative estimate of drug-likeness (QED) is 0.117. The lowest BCUT2D eigenvalue weighted by Crippen LogP contribution is -2.44. The van der Waals surface area contributed by atoms with Gasteiger partial charge in [0.1, 0.15) is 5.82 Å². The second kappa shape index (κ2) is 15.9. The number of aromatic nitrogens is 2. The number of pyridine rings is 1. The van der Waals surface area contributed by atoms with Crippen LogP contribution >= 0.6 is 0 Å². The number of halogens is 1. The van der Waals surface area contributed by atoms with Crippen molar-refractivity contribution in [3.05, 3.63) is 83.2 Å². The van der Waals surface area contributed by atoms with E-state index in [0.717, 1.165) is 57.3 Å². The number of para-hydroxylation sites is 1. The van der Waals surface area contributed by atoms with E-state index in [1.165, 1.54) is 7.11 Å². The summed E-state index contributed by atoms with van der Waals surface area (Å²) in [6, 6.07) is 17.1. The first-order valence-corrected chi connectivity index (χ1v) is 16.2. The van der Waals surface area contributed by atoms with Crippen LogP contribution in [-0.2, 0) is 22.4 Å². The number of carboxylic acid groups (broad SMARTS) is 1. The number of aryl methyl sites for hydroxylation is 2. The molecule has 5 rings (SSSR count). The van der Waals surface area contributed by atoms with Crippen molar-refractivity contribution in [2.24, 2.45) is 0 Å². The second-order valence-electron chi connectivity index (χ2n) is 12.2. The van der Waals surface area contributed by atoms with Crippen molar-refractivity contribution in [1.29, 1.82) is 0 Å². The highest BCUT2D eigenvalue weighted by molar-refractivity contribution is 5.87. The highest BCUT2D eigenvalue weighted by atomic mass is 19.1. The maximum absolute atomic E-state index is 13.8. The summed E-state index contributed by atoms with van der Waals surface area (Å²) in [6.45, 7) is 3.73. The molecule has 10 nitrogen and oxygen atoms in total. The molecule has 0 aliphatic carbocycles. The molecule has 3 atom stereocenters. The minimum absolute atomic E-state index is 0.0269. The molecule has 0 radical (unpaired) electrons. The van der Waals surface area contributed by atoms with Gasteiger partial charge in [-0.2, -0.15) is 0 Å². The van der Waals surface area contributed by atoms with Crippen LogP contribution in [0.1, 0.15) is 54.0 Å². The van der Waals surface area contributed by atoms with Crippen molar-refractivity contribution in [2.45, 2.75) is 63.8 Å². The van der Waals surface area contributed by atoms with Crippen LogP contribution in [0, 0.1) is 6.92 Å². The summed E-state index contributed by atoms with van der Waals surface area (Å²) in [5, 5.41) is 25.2. The number of aliphatic hydroxyl groups excluding tert-OH is 1. The number of likely N-dealkylation sites (tertiary alicyclic amines) is 1. The Morgan fingerprint density at radius 3 is 2.64 bits per heavy atom. The molecule has 1 aliphatic heterocycles. The van der Waals surface area contributed by atoms with Crippen molar-refractivity contribution in [1.82, 2.24) is 20.2 Å². The molecule has 2 amide bonds. The number of rotatable bonds is 14. The van der Waals surface area contributed by atoms with Gasteiger partial charge in [-0.25, -0.2) is 14.2 Å². The number of aromatic amines is 1. The Hall–Kier alpha value is -4.48. The van der Waals surface area contributed by atoms with E-state index < -0.39 is 18.5 Å². The number of fused-ring (bicyclic) bond motifs is 1. The topological polar surface area (TPSA) is 140 Å². The molecule has 0 saturated carbocycles. The van der Waals surface area contributed by atoms with Gasteiger partial charge in [-0.15, -0.1) is 0 Å². The van der Waals surface area contributed by atoms with Crippen LogP contribution in [-0.4, -0.2) is 82.8 Å². The number of hydrogen-bond donors (Lipinski definition) is 5. The molecule has 5 N–H and O–H groups in total. The van der Waals surface area contributed by atoms with Gasteiger partial charge in [-0.3, -0.25) is 4.79 Å². The van der Waals surface area contributed by atoms with Crippen molar-refractivity contribution >= 4 is 28.7 Å². The van der Waals surface area contributed by atoms with Gasteiger partial charge in [-0.05, 0) is 67.0 Å². The Kier molecular flexibility index (Phi) is 11.4. The van der Waals surface area contributed by atoms with Gasteiger partial charge in [0.05, 0.1) is 6.61 Å². The number of carbonyl (C=O) groups excluding carboxylic acids is 1. The fourth-order valence-corrected chi connectivity index (χ4v) is 6.54. The molecule has 47 heavy (non-hydrogen) atoms. The van der Waals surface area contributed by atoms with E-state index in [-0.39, 0.29) is 31.3 Å². The number of nitrogens with one attached hydrogen (secondary N) is 3. The van der Waals surface area contributed by atoms with Crippen molar-refractivity contribution in [2.75, 3.05) is 38.7 Å². The number of carbonyl (C=O) groups is 2. The van der Waals surface area contributed by atoms with Gasteiger partial charge >= 0.3 is 6.09 Å². The van der Waals surface area contributed by atoms with E-state index in [1.807, 2.05) is 53.4 Å². The second-order valence-corrected chi connectivity index (χ2v) is 12.2. The van der Waals surface area contributed by atoms with Crippen LogP contribution in [0.25, 0.3) is 22.0 Å². The molecule has 1 saturated heterocycles. The lowest BCUT2D eigenvalue weighted by atomic mass is 9.91. The zero-order chi connectivity index (χ0) is 33.3. The van der Waals surface area contributed by atoms with E-state index in [0.29, 0.717) is 38.3 Å². The summed E-state index contributed by atoms with van der Waals surface area (Å²) in [5.41, 5.74) is 7.10. The number of methoxy groups -OCH3 is 1. The molecule has 250 valence electrons. The van der Waals surface area contributed by atoms with Gasteiger partial charge in [0, 0.05) is 79.9 Å². The number of anilines is 1. The number of H-pyrrole nitrogens is 1. The molecule has 3 heterocycles. The van der Waals surface area contributed by atoms with Gasteiger partial charge in [-0.1, -0.05) is 42.5 Å². The molecule has 1 aliphatic rings. The molecule has 0 spiro atoms. The first kappa shape index (κ1) is 33.9. The number of hydrogen-bond acceptors (Lipinski definition) is 6. The minimum atomic E-state index is -1.31. The predicted octanol–water partition coefficient (Wildman–Crippen LogP) is 5.79. The molecule has 2 aromatic heterocycles. The summed E-state index contributed by atoms with van der Waals surface area (Å²) >= 11 is 0. The van der Waals surface area contributed by atoms with E-state index in [9.17, 15) is 19.1 Å². The first-order chi connectivity index (χ1) is 22.7.